The highest BCUT2D eigenvalue weighted by Gasteiger charge is 2.58. The first-order valence-electron chi connectivity index (χ1n) is 12.4. The molecule has 9 nitrogen and oxygen atoms in total. The molecule has 2 fully saturated rings. The van der Waals surface area contributed by atoms with Crippen molar-refractivity contribution in [2.24, 2.45) is 7.05 Å². The average Bonchev–Trinajstić information content (AvgIpc) is 3.20. The van der Waals surface area contributed by atoms with Crippen LogP contribution < -0.4 is 15.5 Å². The minimum atomic E-state index is -2.81. The molecule has 0 radical (unpaired) electrons. The van der Waals surface area contributed by atoms with E-state index in [0.717, 1.165) is 11.1 Å². The van der Waals surface area contributed by atoms with Gasteiger partial charge in [0.25, 0.3) is 5.92 Å². The molecule has 2 aliphatic rings. The molecule has 0 spiro atoms. The Hall–Kier alpha value is -4.41. The van der Waals surface area contributed by atoms with Gasteiger partial charge in [-0.15, -0.1) is 0 Å². The van der Waals surface area contributed by atoms with E-state index in [1.54, 1.807) is 58.7 Å². The average molecular weight is 518 g/mol. The van der Waals surface area contributed by atoms with Gasteiger partial charge < -0.3 is 0 Å². The molecule has 2 amide bonds. The molecule has 1 aliphatic carbocycles. The zero-order valence-electron chi connectivity index (χ0n) is 20.9. The summed E-state index contributed by atoms with van der Waals surface area (Å²) in [5, 5.41) is 3.98. The SMILES string of the molecule is CCc1c(-c2ccc(-n3cnn(C)c3=O)cc2C2CC2(F)F)ccnc1N1CCN(c2cccnc2)C1=O. The van der Waals surface area contributed by atoms with E-state index in [9.17, 15) is 18.4 Å². The number of halogens is 2. The summed E-state index contributed by atoms with van der Waals surface area (Å²) >= 11 is 0. The molecule has 1 atom stereocenters. The summed E-state index contributed by atoms with van der Waals surface area (Å²) in [7, 11) is 1.53. The number of benzene rings is 1. The Morgan fingerprint density at radius 3 is 2.47 bits per heavy atom. The van der Waals surface area contributed by atoms with Crippen LogP contribution >= 0.6 is 0 Å². The van der Waals surface area contributed by atoms with Crippen LogP contribution in [0.4, 0.5) is 25.1 Å². The second-order valence-corrected chi connectivity index (χ2v) is 9.51. The standard InChI is InChI=1S/C27H25F2N7O2/c1-3-19-21(8-10-31-24(19)35-12-11-34(26(35)38)18-5-4-9-30-15-18)20-7-6-17(36-16-32-33(2)25(36)37)13-22(20)23-14-27(23,28)29/h4-10,13,15-16,23H,3,11-12,14H2,1-2H3. The van der Waals surface area contributed by atoms with Crippen LogP contribution in [0, 0.1) is 0 Å². The maximum absolute atomic E-state index is 14.4. The van der Waals surface area contributed by atoms with E-state index in [1.165, 1.54) is 22.6 Å². The lowest BCUT2D eigenvalue weighted by molar-refractivity contribution is 0.112. The van der Waals surface area contributed by atoms with Crippen molar-refractivity contribution >= 4 is 17.5 Å². The number of carbonyl (C=O) groups excluding carboxylic acids is 1. The largest absolute Gasteiger partial charge is 0.350 e. The molecule has 194 valence electrons. The third kappa shape index (κ3) is 3.85. The first-order valence-corrected chi connectivity index (χ1v) is 12.4. The van der Waals surface area contributed by atoms with Crippen LogP contribution in [0.5, 0.6) is 0 Å². The van der Waals surface area contributed by atoms with Crippen molar-refractivity contribution in [1.29, 1.82) is 0 Å². The van der Waals surface area contributed by atoms with Gasteiger partial charge in [-0.25, -0.2) is 32.6 Å². The molecular weight excluding hydrogens is 492 g/mol. The van der Waals surface area contributed by atoms with Gasteiger partial charge in [-0.2, -0.15) is 5.10 Å². The summed E-state index contributed by atoms with van der Waals surface area (Å²) in [6, 6.07) is 10.3. The second-order valence-electron chi connectivity index (χ2n) is 9.51. The van der Waals surface area contributed by atoms with Crippen molar-refractivity contribution < 1.29 is 13.6 Å². The summed E-state index contributed by atoms with van der Waals surface area (Å²) in [6.07, 6.45) is 6.57. The monoisotopic (exact) mass is 517 g/mol. The smallest absolute Gasteiger partial charge is 0.291 e. The molecule has 0 N–H and O–H groups in total. The fraction of sp³-hybridized carbons (Fsp3) is 0.296. The highest BCUT2D eigenvalue weighted by Crippen LogP contribution is 2.58. The molecular formula is C27H25F2N7O2. The number of amides is 2. The van der Waals surface area contributed by atoms with Crippen LogP contribution in [-0.2, 0) is 13.5 Å². The molecule has 1 aliphatic heterocycles. The fourth-order valence-corrected chi connectivity index (χ4v) is 5.15. The number of hydrogen-bond acceptors (Lipinski definition) is 5. The Labute approximate surface area is 217 Å². The van der Waals surface area contributed by atoms with Crippen LogP contribution in [0.1, 0.15) is 30.4 Å². The number of rotatable bonds is 6. The molecule has 11 heteroatoms. The molecule has 1 aromatic carbocycles. The number of anilines is 2. The first-order chi connectivity index (χ1) is 18.3. The van der Waals surface area contributed by atoms with Crippen LogP contribution in [0.25, 0.3) is 16.8 Å². The molecule has 4 aromatic rings. The van der Waals surface area contributed by atoms with E-state index in [-0.39, 0.29) is 18.1 Å². The lowest BCUT2D eigenvalue weighted by Gasteiger charge is -2.22. The topological polar surface area (TPSA) is 89.2 Å². The molecule has 0 bridgehead atoms. The zero-order valence-corrected chi connectivity index (χ0v) is 20.9. The Kier molecular flexibility index (Phi) is 5.59. The fourth-order valence-electron chi connectivity index (χ4n) is 5.15. The number of hydrogen-bond donors (Lipinski definition) is 0. The number of pyridine rings is 2. The van der Waals surface area contributed by atoms with Crippen LogP contribution in [0.3, 0.4) is 0 Å². The lowest BCUT2D eigenvalue weighted by atomic mass is 9.92. The highest BCUT2D eigenvalue weighted by molar-refractivity contribution is 6.06. The van der Waals surface area contributed by atoms with Gasteiger partial charge in [-0.1, -0.05) is 13.0 Å². The van der Waals surface area contributed by atoms with Gasteiger partial charge in [-0.3, -0.25) is 14.8 Å². The Morgan fingerprint density at radius 1 is 1.03 bits per heavy atom. The molecule has 1 saturated heterocycles. The molecule has 1 saturated carbocycles. The summed E-state index contributed by atoms with van der Waals surface area (Å²) in [6.45, 7) is 2.87. The Morgan fingerprint density at radius 2 is 1.82 bits per heavy atom. The predicted octanol–water partition coefficient (Wildman–Crippen LogP) is 4.16. The van der Waals surface area contributed by atoms with Gasteiger partial charge in [0.2, 0.25) is 0 Å². The quantitative estimate of drug-likeness (QED) is 0.383. The number of alkyl halides is 2. The molecule has 6 rings (SSSR count). The lowest BCUT2D eigenvalue weighted by Crippen LogP contribution is -2.33. The maximum Gasteiger partial charge on any atom is 0.350 e. The first kappa shape index (κ1) is 24.0. The molecule has 1 unspecified atom stereocenters. The number of aryl methyl sites for hydroxylation is 1. The third-order valence-corrected chi connectivity index (χ3v) is 7.24. The van der Waals surface area contributed by atoms with E-state index in [0.29, 0.717) is 47.8 Å². The van der Waals surface area contributed by atoms with Gasteiger partial charge in [0, 0.05) is 44.5 Å². The van der Waals surface area contributed by atoms with Crippen LogP contribution in [0.15, 0.2) is 66.1 Å². The van der Waals surface area contributed by atoms with Crippen molar-refractivity contribution in [2.45, 2.75) is 31.6 Å². The van der Waals surface area contributed by atoms with Gasteiger partial charge in [0.15, 0.2) is 0 Å². The van der Waals surface area contributed by atoms with E-state index < -0.39 is 11.8 Å². The van der Waals surface area contributed by atoms with Gasteiger partial charge in [-0.05, 0) is 53.4 Å². The van der Waals surface area contributed by atoms with Crippen molar-refractivity contribution in [3.63, 3.8) is 0 Å². The van der Waals surface area contributed by atoms with E-state index in [4.69, 9.17) is 0 Å². The number of nitrogens with zero attached hydrogens (tertiary/aromatic N) is 7. The zero-order chi connectivity index (χ0) is 26.6. The minimum Gasteiger partial charge on any atom is -0.291 e. The second kappa shape index (κ2) is 8.86. The maximum atomic E-state index is 14.4. The van der Waals surface area contributed by atoms with Gasteiger partial charge >= 0.3 is 11.7 Å². The normalized spacial score (nSPS) is 18.3. The van der Waals surface area contributed by atoms with Crippen molar-refractivity contribution in [2.75, 3.05) is 22.9 Å². The summed E-state index contributed by atoms with van der Waals surface area (Å²) in [4.78, 5) is 37.8. The van der Waals surface area contributed by atoms with Gasteiger partial charge in [0.05, 0.1) is 23.5 Å². The number of urea groups is 1. The molecule has 3 aromatic heterocycles. The molecule has 38 heavy (non-hydrogen) atoms. The Bertz CT molecular complexity index is 1600. The Balaban J connectivity index is 1.44. The predicted molar refractivity (Wildman–Crippen MR) is 138 cm³/mol. The minimum absolute atomic E-state index is 0.211. The van der Waals surface area contributed by atoms with E-state index >= 15 is 0 Å². The van der Waals surface area contributed by atoms with Crippen molar-refractivity contribution in [3.05, 3.63) is 82.9 Å². The molecule has 4 heterocycles. The van der Waals surface area contributed by atoms with Crippen LogP contribution in [-0.4, -0.2) is 49.4 Å². The van der Waals surface area contributed by atoms with Crippen molar-refractivity contribution in [1.82, 2.24) is 24.3 Å². The highest BCUT2D eigenvalue weighted by atomic mass is 19.3. The van der Waals surface area contributed by atoms with Gasteiger partial charge in [0.1, 0.15) is 12.1 Å². The van der Waals surface area contributed by atoms with Crippen molar-refractivity contribution in [3.8, 4) is 16.8 Å². The number of aromatic nitrogens is 5. The summed E-state index contributed by atoms with van der Waals surface area (Å²) in [5.74, 6) is -3.26. The summed E-state index contributed by atoms with van der Waals surface area (Å²) < 4.78 is 31.3. The van der Waals surface area contributed by atoms with Crippen LogP contribution in [0.2, 0.25) is 0 Å². The third-order valence-electron chi connectivity index (χ3n) is 7.24. The number of carbonyl (C=O) groups is 1. The van der Waals surface area contributed by atoms with E-state index in [2.05, 4.69) is 15.1 Å². The van der Waals surface area contributed by atoms with E-state index in [1.807, 2.05) is 13.0 Å². The summed E-state index contributed by atoms with van der Waals surface area (Å²) in [5.41, 5.74) is 3.45.